The van der Waals surface area contributed by atoms with E-state index < -0.39 is 0 Å². The minimum Gasteiger partial charge on any atom is -0.496 e. The quantitative estimate of drug-likeness (QED) is 0.860. The molecule has 0 radical (unpaired) electrons. The van der Waals surface area contributed by atoms with Crippen LogP contribution in [0.25, 0.3) is 0 Å². The second kappa shape index (κ2) is 6.15. The van der Waals surface area contributed by atoms with Crippen LogP contribution in [0.3, 0.4) is 0 Å². The number of ether oxygens (including phenoxy) is 2. The third kappa shape index (κ3) is 3.13. The first-order chi connectivity index (χ1) is 8.88. The number of rotatable bonds is 6. The third-order valence-corrected chi connectivity index (χ3v) is 3.75. The lowest BCUT2D eigenvalue weighted by atomic mass is 9.97. The minimum atomic E-state index is -0.150. The Morgan fingerprint density at radius 2 is 1.84 bits per heavy atom. The van der Waals surface area contributed by atoms with E-state index in [2.05, 4.69) is 18.7 Å². The van der Waals surface area contributed by atoms with Gasteiger partial charge in [0, 0.05) is 24.8 Å². The summed E-state index contributed by atoms with van der Waals surface area (Å²) < 4.78 is 10.8. The van der Waals surface area contributed by atoms with E-state index in [1.54, 1.807) is 14.2 Å². The third-order valence-electron chi connectivity index (χ3n) is 3.75. The fourth-order valence-corrected chi connectivity index (χ4v) is 2.17. The molecule has 0 amide bonds. The van der Waals surface area contributed by atoms with Gasteiger partial charge >= 0.3 is 0 Å². The maximum Gasteiger partial charge on any atom is 0.148 e. The summed E-state index contributed by atoms with van der Waals surface area (Å²) in [4.78, 5) is 2.13. The summed E-state index contributed by atoms with van der Waals surface area (Å²) in [5, 5.41) is 9.18. The van der Waals surface area contributed by atoms with Gasteiger partial charge in [0.25, 0.3) is 0 Å². The van der Waals surface area contributed by atoms with Crippen molar-refractivity contribution in [3.05, 3.63) is 17.7 Å². The molecule has 4 nitrogen and oxygen atoms in total. The molecule has 1 aromatic rings. The molecule has 0 aliphatic carbocycles. The van der Waals surface area contributed by atoms with Gasteiger partial charge in [-0.15, -0.1) is 0 Å². The average molecular weight is 267 g/mol. The second-order valence-electron chi connectivity index (χ2n) is 5.29. The van der Waals surface area contributed by atoms with Crippen molar-refractivity contribution in [3.63, 3.8) is 0 Å². The Hall–Kier alpha value is -1.42. The summed E-state index contributed by atoms with van der Waals surface area (Å²) in [6.45, 7) is 6.34. The topological polar surface area (TPSA) is 41.9 Å². The van der Waals surface area contributed by atoms with Crippen molar-refractivity contribution in [2.75, 3.05) is 32.8 Å². The fourth-order valence-electron chi connectivity index (χ4n) is 2.17. The highest BCUT2D eigenvalue weighted by Gasteiger charge is 2.26. The van der Waals surface area contributed by atoms with E-state index in [0.29, 0.717) is 6.42 Å². The maximum atomic E-state index is 9.18. The van der Waals surface area contributed by atoms with Gasteiger partial charge in [-0.25, -0.2) is 0 Å². The van der Waals surface area contributed by atoms with Gasteiger partial charge in [-0.3, -0.25) is 0 Å². The molecule has 0 atom stereocenters. The van der Waals surface area contributed by atoms with Gasteiger partial charge in [0.1, 0.15) is 11.5 Å². The van der Waals surface area contributed by atoms with Crippen LogP contribution in [0.5, 0.6) is 11.5 Å². The predicted octanol–water partition coefficient (Wildman–Crippen LogP) is 2.61. The minimum absolute atomic E-state index is 0.150. The summed E-state index contributed by atoms with van der Waals surface area (Å²) >= 11 is 0. The molecule has 108 valence electrons. The van der Waals surface area contributed by atoms with Crippen LogP contribution >= 0.6 is 0 Å². The molecule has 0 aromatic heterocycles. The van der Waals surface area contributed by atoms with Crippen molar-refractivity contribution < 1.29 is 14.6 Å². The summed E-state index contributed by atoms with van der Waals surface area (Å²) in [7, 11) is 5.33. The number of anilines is 1. The molecule has 1 N–H and O–H groups in total. The van der Waals surface area contributed by atoms with E-state index in [9.17, 15) is 5.11 Å². The van der Waals surface area contributed by atoms with Gasteiger partial charge in [0.15, 0.2) is 0 Å². The van der Waals surface area contributed by atoms with Crippen molar-refractivity contribution in [1.29, 1.82) is 0 Å². The summed E-state index contributed by atoms with van der Waals surface area (Å²) in [5.74, 6) is 1.63. The fraction of sp³-hybridized carbons (Fsp3) is 0.600. The van der Waals surface area contributed by atoms with Crippen LogP contribution in [0.2, 0.25) is 0 Å². The van der Waals surface area contributed by atoms with Crippen LogP contribution < -0.4 is 14.4 Å². The maximum absolute atomic E-state index is 9.18. The first-order valence-electron chi connectivity index (χ1n) is 6.45. The number of nitrogens with zero attached hydrogens (tertiary/aromatic N) is 1. The molecular weight excluding hydrogens is 242 g/mol. The molecule has 19 heavy (non-hydrogen) atoms. The first kappa shape index (κ1) is 15.6. The molecule has 0 aliphatic heterocycles. The van der Waals surface area contributed by atoms with Gasteiger partial charge in [0.2, 0.25) is 0 Å². The van der Waals surface area contributed by atoms with Crippen molar-refractivity contribution in [2.24, 2.45) is 0 Å². The molecule has 0 saturated heterocycles. The molecule has 1 rings (SSSR count). The molecule has 0 heterocycles. The smallest absolute Gasteiger partial charge is 0.148 e. The molecular formula is C15H25NO3. The molecule has 0 unspecified atom stereocenters. The van der Waals surface area contributed by atoms with E-state index in [0.717, 1.165) is 22.7 Å². The first-order valence-corrected chi connectivity index (χ1v) is 6.45. The van der Waals surface area contributed by atoms with Crippen molar-refractivity contribution in [2.45, 2.75) is 32.7 Å². The van der Waals surface area contributed by atoms with E-state index in [-0.39, 0.29) is 12.1 Å². The van der Waals surface area contributed by atoms with Gasteiger partial charge < -0.3 is 19.5 Å². The van der Waals surface area contributed by atoms with Gasteiger partial charge in [-0.05, 0) is 39.3 Å². The van der Waals surface area contributed by atoms with Gasteiger partial charge in [-0.1, -0.05) is 0 Å². The Labute approximate surface area is 115 Å². The normalized spacial score (nSPS) is 11.3. The summed E-state index contributed by atoms with van der Waals surface area (Å²) in [6, 6.07) is 3.93. The van der Waals surface area contributed by atoms with Crippen LogP contribution in [-0.2, 0) is 0 Å². The van der Waals surface area contributed by atoms with E-state index >= 15 is 0 Å². The lowest BCUT2D eigenvalue weighted by Gasteiger charge is -2.38. The van der Waals surface area contributed by atoms with Crippen molar-refractivity contribution in [3.8, 4) is 11.5 Å². The zero-order chi connectivity index (χ0) is 14.6. The standard InChI is InChI=1S/C15H25NO3/c1-11-13(18-5)8-7-12(14(11)19-6)16(4)15(2,3)9-10-17/h7-8,17H,9-10H2,1-6H3. The Morgan fingerprint density at radius 1 is 1.21 bits per heavy atom. The largest absolute Gasteiger partial charge is 0.496 e. The Balaban J connectivity index is 3.23. The zero-order valence-corrected chi connectivity index (χ0v) is 12.8. The van der Waals surface area contributed by atoms with Crippen LogP contribution in [0.1, 0.15) is 25.8 Å². The zero-order valence-electron chi connectivity index (χ0n) is 12.8. The van der Waals surface area contributed by atoms with Crippen LogP contribution in [0.15, 0.2) is 12.1 Å². The molecule has 0 saturated carbocycles. The van der Waals surface area contributed by atoms with Crippen LogP contribution in [0.4, 0.5) is 5.69 Å². The van der Waals surface area contributed by atoms with Gasteiger partial charge in [-0.2, -0.15) is 0 Å². The molecule has 1 aromatic carbocycles. The molecule has 4 heteroatoms. The highest BCUT2D eigenvalue weighted by atomic mass is 16.5. The Kier molecular flexibility index (Phi) is 5.06. The number of benzene rings is 1. The van der Waals surface area contributed by atoms with Crippen LogP contribution in [-0.4, -0.2) is 38.5 Å². The van der Waals surface area contributed by atoms with E-state index in [1.165, 1.54) is 0 Å². The van der Waals surface area contributed by atoms with Crippen LogP contribution in [0, 0.1) is 6.92 Å². The summed E-state index contributed by atoms with van der Waals surface area (Å²) in [5.41, 5.74) is 1.83. The lowest BCUT2D eigenvalue weighted by Crippen LogP contribution is -2.42. The number of methoxy groups -OCH3 is 2. The van der Waals surface area contributed by atoms with Gasteiger partial charge in [0.05, 0.1) is 19.9 Å². The monoisotopic (exact) mass is 267 g/mol. The van der Waals surface area contributed by atoms with E-state index in [1.807, 2.05) is 26.1 Å². The average Bonchev–Trinajstić information content (AvgIpc) is 2.37. The van der Waals surface area contributed by atoms with Crippen molar-refractivity contribution in [1.82, 2.24) is 0 Å². The Bertz CT molecular complexity index is 430. The van der Waals surface area contributed by atoms with E-state index in [4.69, 9.17) is 9.47 Å². The highest BCUT2D eigenvalue weighted by Crippen LogP contribution is 2.39. The number of aliphatic hydroxyl groups is 1. The second-order valence-corrected chi connectivity index (χ2v) is 5.29. The van der Waals surface area contributed by atoms with Crippen molar-refractivity contribution >= 4 is 5.69 Å². The number of hydrogen-bond donors (Lipinski definition) is 1. The molecule has 0 spiro atoms. The SMILES string of the molecule is COc1ccc(N(C)C(C)(C)CCO)c(OC)c1C. The molecule has 0 fully saturated rings. The predicted molar refractivity (Wildman–Crippen MR) is 78.5 cm³/mol. The number of aliphatic hydroxyl groups excluding tert-OH is 1. The lowest BCUT2D eigenvalue weighted by molar-refractivity contribution is 0.249. The molecule has 0 bridgehead atoms. The summed E-state index contributed by atoms with van der Waals surface area (Å²) in [6.07, 6.45) is 0.692. The highest BCUT2D eigenvalue weighted by molar-refractivity contribution is 5.66. The number of hydrogen-bond acceptors (Lipinski definition) is 4. The molecule has 0 aliphatic rings. The Morgan fingerprint density at radius 3 is 2.32 bits per heavy atom.